The number of hydrogen-bond donors (Lipinski definition) is 1. The number of ether oxygens (including phenoxy) is 1. The molecule has 1 aliphatic heterocycles. The van der Waals surface area contributed by atoms with Crippen LogP contribution in [0.1, 0.15) is 12.8 Å². The number of alkyl halides is 3. The van der Waals surface area contributed by atoms with E-state index in [1.807, 2.05) is 0 Å². The molecule has 0 aromatic heterocycles. The van der Waals surface area contributed by atoms with Crippen LogP contribution in [-0.4, -0.2) is 34.2 Å². The van der Waals surface area contributed by atoms with Crippen LogP contribution in [0.3, 0.4) is 0 Å². The molecule has 0 radical (unpaired) electrons. The summed E-state index contributed by atoms with van der Waals surface area (Å²) in [5.74, 6) is -0.863. The van der Waals surface area contributed by atoms with Gasteiger partial charge in [0.15, 0.2) is 4.90 Å². The fourth-order valence-electron chi connectivity index (χ4n) is 2.19. The van der Waals surface area contributed by atoms with Crippen molar-refractivity contribution in [2.75, 3.05) is 13.1 Å². The van der Waals surface area contributed by atoms with Crippen molar-refractivity contribution in [2.45, 2.75) is 24.1 Å². The summed E-state index contributed by atoms with van der Waals surface area (Å²) in [6, 6.07) is 4.93. The number of primary amides is 1. The second kappa shape index (κ2) is 7.24. The van der Waals surface area contributed by atoms with Gasteiger partial charge < -0.3 is 15.0 Å². The third kappa shape index (κ3) is 5.45. The number of carbonyl (C=O) groups excluding carboxylic acids is 1. The van der Waals surface area contributed by atoms with Crippen LogP contribution in [0.25, 0.3) is 0 Å². The summed E-state index contributed by atoms with van der Waals surface area (Å²) in [6.07, 6.45) is -2.23. The third-order valence-electron chi connectivity index (χ3n) is 3.20. The summed E-state index contributed by atoms with van der Waals surface area (Å²) in [6.45, 7) is 0.957. The molecule has 1 aliphatic rings. The van der Waals surface area contributed by atoms with Crippen molar-refractivity contribution in [3.8, 4) is 5.75 Å². The highest BCUT2D eigenvalue weighted by molar-refractivity contribution is 7.89. The van der Waals surface area contributed by atoms with Crippen LogP contribution in [0.15, 0.2) is 40.8 Å². The van der Waals surface area contributed by atoms with Crippen molar-refractivity contribution < 1.29 is 27.3 Å². The molecule has 1 heterocycles. The molecule has 2 rings (SSSR count). The first-order valence-electron chi connectivity index (χ1n) is 6.76. The summed E-state index contributed by atoms with van der Waals surface area (Å²) in [5, 5.41) is 0. The van der Waals surface area contributed by atoms with Crippen LogP contribution in [0.5, 0.6) is 5.75 Å². The van der Waals surface area contributed by atoms with Crippen molar-refractivity contribution in [3.63, 3.8) is 0 Å². The summed E-state index contributed by atoms with van der Waals surface area (Å²) >= 11 is -1.48. The average molecular weight is 348 g/mol. The number of carbonyl (C=O) groups is 1. The molecule has 1 saturated heterocycles. The molecule has 0 saturated carbocycles. The predicted molar refractivity (Wildman–Crippen MR) is 77.6 cm³/mol. The minimum atomic E-state index is -4.75. The van der Waals surface area contributed by atoms with E-state index in [0.29, 0.717) is 30.8 Å². The van der Waals surface area contributed by atoms with Crippen LogP contribution < -0.4 is 10.5 Å². The molecule has 1 aromatic rings. The minimum Gasteiger partial charge on any atom is -0.593 e. The lowest BCUT2D eigenvalue weighted by atomic mass is 10.1. The normalized spacial score (nSPS) is 17.7. The lowest BCUT2D eigenvalue weighted by Crippen LogP contribution is -2.36. The molecule has 23 heavy (non-hydrogen) atoms. The highest BCUT2D eigenvalue weighted by Gasteiger charge is 2.31. The molecular formula is C14H15F3N2O3S. The fourth-order valence-corrected chi connectivity index (χ4v) is 3.37. The Labute approximate surface area is 134 Å². The van der Waals surface area contributed by atoms with Gasteiger partial charge in [0.2, 0.25) is 5.91 Å². The second-order valence-corrected chi connectivity index (χ2v) is 6.39. The van der Waals surface area contributed by atoms with Gasteiger partial charge in [-0.1, -0.05) is 5.57 Å². The van der Waals surface area contributed by atoms with Gasteiger partial charge in [0.25, 0.3) is 0 Å². The number of hydrogen-bond acceptors (Lipinski definition) is 4. The SMILES string of the molecule is NC(=O)C=C1CCN([S+]([O-])c2ccc(OC(F)(F)F)cc2)CC1. The van der Waals surface area contributed by atoms with E-state index in [1.54, 1.807) is 4.31 Å². The van der Waals surface area contributed by atoms with Crippen LogP contribution >= 0.6 is 0 Å². The van der Waals surface area contributed by atoms with E-state index in [9.17, 15) is 22.5 Å². The van der Waals surface area contributed by atoms with Gasteiger partial charge in [0, 0.05) is 19.2 Å². The standard InChI is InChI=1S/C14H15F3N2O3S/c15-14(16,17)22-11-1-3-12(4-2-11)23(21)19-7-5-10(6-8-19)9-13(18)20/h1-4,9H,5-8H2,(H2,18,20). The molecule has 5 nitrogen and oxygen atoms in total. The zero-order chi connectivity index (χ0) is 17.0. The van der Waals surface area contributed by atoms with Crippen LogP contribution in [0.4, 0.5) is 13.2 Å². The number of nitrogens with two attached hydrogens (primary N) is 1. The molecule has 1 fully saturated rings. The Morgan fingerprint density at radius 2 is 1.83 bits per heavy atom. The van der Waals surface area contributed by atoms with Crippen molar-refractivity contribution >= 4 is 17.3 Å². The quantitative estimate of drug-likeness (QED) is 0.668. The Morgan fingerprint density at radius 3 is 2.30 bits per heavy atom. The fraction of sp³-hybridized carbons (Fsp3) is 0.357. The van der Waals surface area contributed by atoms with Crippen LogP contribution in [-0.2, 0) is 16.2 Å². The summed E-state index contributed by atoms with van der Waals surface area (Å²) in [4.78, 5) is 11.2. The highest BCUT2D eigenvalue weighted by atomic mass is 32.2. The van der Waals surface area contributed by atoms with Crippen LogP contribution in [0, 0.1) is 0 Å². The first kappa shape index (κ1) is 17.6. The predicted octanol–water partition coefficient (Wildman–Crippen LogP) is 2.12. The first-order valence-corrected chi connectivity index (χ1v) is 7.87. The Hall–Kier alpha value is -1.71. The average Bonchev–Trinajstić information content (AvgIpc) is 2.46. The maximum atomic E-state index is 12.4. The summed E-state index contributed by atoms with van der Waals surface area (Å²) in [5.41, 5.74) is 5.99. The number of rotatable bonds is 4. The molecule has 1 amide bonds. The maximum Gasteiger partial charge on any atom is 0.573 e. The summed E-state index contributed by atoms with van der Waals surface area (Å²) < 4.78 is 54.1. The van der Waals surface area contributed by atoms with E-state index < -0.39 is 23.6 Å². The van der Waals surface area contributed by atoms with Gasteiger partial charge in [-0.2, -0.15) is 0 Å². The van der Waals surface area contributed by atoms with E-state index >= 15 is 0 Å². The Morgan fingerprint density at radius 1 is 1.26 bits per heavy atom. The topological polar surface area (TPSA) is 78.6 Å². The number of amides is 1. The molecule has 1 aromatic carbocycles. The first-order chi connectivity index (χ1) is 10.7. The molecular weight excluding hydrogens is 333 g/mol. The minimum absolute atomic E-state index is 0.358. The van der Waals surface area contributed by atoms with Crippen molar-refractivity contribution in [2.24, 2.45) is 5.73 Å². The van der Waals surface area contributed by atoms with Crippen molar-refractivity contribution in [1.82, 2.24) is 4.31 Å². The van der Waals surface area contributed by atoms with Crippen LogP contribution in [0.2, 0.25) is 0 Å². The number of benzene rings is 1. The van der Waals surface area contributed by atoms with Gasteiger partial charge in [-0.3, -0.25) is 4.79 Å². The third-order valence-corrected chi connectivity index (χ3v) is 4.71. The van der Waals surface area contributed by atoms with E-state index in [0.717, 1.165) is 17.7 Å². The lowest BCUT2D eigenvalue weighted by molar-refractivity contribution is -0.274. The van der Waals surface area contributed by atoms with E-state index in [2.05, 4.69) is 4.74 Å². The molecule has 1 atom stereocenters. The number of halogens is 3. The van der Waals surface area contributed by atoms with E-state index in [-0.39, 0.29) is 5.75 Å². The summed E-state index contributed by atoms with van der Waals surface area (Å²) in [7, 11) is 0. The lowest BCUT2D eigenvalue weighted by Gasteiger charge is -2.28. The zero-order valence-corrected chi connectivity index (χ0v) is 12.8. The van der Waals surface area contributed by atoms with Gasteiger partial charge in [0.1, 0.15) is 5.75 Å². The number of piperidine rings is 1. The van der Waals surface area contributed by atoms with Gasteiger partial charge in [-0.25, -0.2) is 0 Å². The smallest absolute Gasteiger partial charge is 0.573 e. The maximum absolute atomic E-state index is 12.4. The largest absolute Gasteiger partial charge is 0.593 e. The monoisotopic (exact) mass is 348 g/mol. The molecule has 0 spiro atoms. The van der Waals surface area contributed by atoms with E-state index in [1.165, 1.54) is 18.2 Å². The van der Waals surface area contributed by atoms with Gasteiger partial charge >= 0.3 is 6.36 Å². The molecule has 126 valence electrons. The molecule has 2 N–H and O–H groups in total. The van der Waals surface area contributed by atoms with Gasteiger partial charge in [-0.15, -0.1) is 17.5 Å². The van der Waals surface area contributed by atoms with Gasteiger partial charge in [0.05, 0.1) is 11.4 Å². The zero-order valence-electron chi connectivity index (χ0n) is 12.0. The number of nitrogens with zero attached hydrogens (tertiary/aromatic N) is 1. The Balaban J connectivity index is 1.96. The van der Waals surface area contributed by atoms with Crippen molar-refractivity contribution in [1.29, 1.82) is 0 Å². The Bertz CT molecular complexity index is 580. The second-order valence-electron chi connectivity index (χ2n) is 4.90. The molecule has 0 bridgehead atoms. The molecule has 1 unspecified atom stereocenters. The molecule has 0 aliphatic carbocycles. The Kier molecular flexibility index (Phi) is 5.55. The van der Waals surface area contributed by atoms with Crippen molar-refractivity contribution in [3.05, 3.63) is 35.9 Å². The molecule has 9 heteroatoms. The van der Waals surface area contributed by atoms with E-state index in [4.69, 9.17) is 5.73 Å². The highest BCUT2D eigenvalue weighted by Crippen LogP contribution is 2.27. The van der Waals surface area contributed by atoms with Gasteiger partial charge in [-0.05, 0) is 37.1 Å².